The lowest BCUT2D eigenvalue weighted by Gasteiger charge is -2.10. The van der Waals surface area contributed by atoms with Crippen LogP contribution in [0.1, 0.15) is 23.4 Å². The maximum atomic E-state index is 12.5. The molecule has 7 nitrogen and oxygen atoms in total. The number of amides is 1. The van der Waals surface area contributed by atoms with Crippen LogP contribution >= 0.6 is 0 Å². The number of carbonyl (C=O) groups is 1. The van der Waals surface area contributed by atoms with Gasteiger partial charge >= 0.3 is 0 Å². The van der Waals surface area contributed by atoms with Crippen molar-refractivity contribution in [3.05, 3.63) is 83.9 Å². The monoisotopic (exact) mass is 403 g/mol. The zero-order valence-corrected chi connectivity index (χ0v) is 16.5. The molecule has 4 aromatic rings. The van der Waals surface area contributed by atoms with Gasteiger partial charge in [0, 0.05) is 12.1 Å². The average molecular weight is 403 g/mol. The molecule has 0 unspecified atom stereocenters. The van der Waals surface area contributed by atoms with E-state index in [0.717, 1.165) is 22.6 Å². The van der Waals surface area contributed by atoms with Gasteiger partial charge in [0.15, 0.2) is 5.76 Å². The third kappa shape index (κ3) is 4.75. The molecule has 0 fully saturated rings. The molecule has 2 heterocycles. The first-order valence-electron chi connectivity index (χ1n) is 9.58. The second-order valence-corrected chi connectivity index (χ2v) is 6.72. The van der Waals surface area contributed by atoms with Gasteiger partial charge in [-0.2, -0.15) is 4.98 Å². The lowest BCUT2D eigenvalue weighted by molar-refractivity contribution is -0.116. The maximum Gasteiger partial charge on any atom is 0.238 e. The van der Waals surface area contributed by atoms with Crippen LogP contribution in [0.3, 0.4) is 0 Å². The second-order valence-electron chi connectivity index (χ2n) is 6.72. The SMILES string of the molecule is COc1ccc(CCC(=O)Nc2ccccc2Cc2nc(-c3ccco3)no2)cc1. The first kappa shape index (κ1) is 19.4. The Morgan fingerprint density at radius 1 is 1.07 bits per heavy atom. The number of furan rings is 1. The van der Waals surface area contributed by atoms with E-state index in [1.807, 2.05) is 48.5 Å². The van der Waals surface area contributed by atoms with Gasteiger partial charge < -0.3 is 19.0 Å². The van der Waals surface area contributed by atoms with Crippen molar-refractivity contribution in [2.45, 2.75) is 19.3 Å². The number of rotatable bonds is 8. The normalized spacial score (nSPS) is 10.7. The Morgan fingerprint density at radius 2 is 1.90 bits per heavy atom. The highest BCUT2D eigenvalue weighted by Crippen LogP contribution is 2.21. The molecule has 1 amide bonds. The molecule has 0 bridgehead atoms. The summed E-state index contributed by atoms with van der Waals surface area (Å²) in [5, 5.41) is 6.93. The number of carbonyl (C=O) groups excluding carboxylic acids is 1. The first-order chi connectivity index (χ1) is 14.7. The number of nitrogens with one attached hydrogen (secondary N) is 1. The highest BCUT2D eigenvalue weighted by atomic mass is 16.5. The highest BCUT2D eigenvalue weighted by Gasteiger charge is 2.14. The van der Waals surface area contributed by atoms with Crippen molar-refractivity contribution >= 4 is 11.6 Å². The number of aromatic nitrogens is 2. The van der Waals surface area contributed by atoms with Crippen molar-refractivity contribution < 1.29 is 18.5 Å². The predicted molar refractivity (Wildman–Crippen MR) is 111 cm³/mol. The molecule has 7 heteroatoms. The number of benzene rings is 2. The third-order valence-corrected chi connectivity index (χ3v) is 4.64. The van der Waals surface area contributed by atoms with Gasteiger partial charge in [-0.1, -0.05) is 35.5 Å². The minimum absolute atomic E-state index is 0.0555. The van der Waals surface area contributed by atoms with Crippen molar-refractivity contribution in [3.63, 3.8) is 0 Å². The lowest BCUT2D eigenvalue weighted by atomic mass is 10.1. The smallest absolute Gasteiger partial charge is 0.238 e. The van der Waals surface area contributed by atoms with Crippen LogP contribution in [0.4, 0.5) is 5.69 Å². The number of ether oxygens (including phenoxy) is 1. The number of methoxy groups -OCH3 is 1. The van der Waals surface area contributed by atoms with Crippen molar-refractivity contribution in [1.29, 1.82) is 0 Å². The zero-order chi connectivity index (χ0) is 20.8. The summed E-state index contributed by atoms with van der Waals surface area (Å²) in [7, 11) is 1.63. The summed E-state index contributed by atoms with van der Waals surface area (Å²) in [6, 6.07) is 18.8. The fraction of sp³-hybridized carbons (Fsp3) is 0.174. The van der Waals surface area contributed by atoms with Gasteiger partial charge in [-0.05, 0) is 47.9 Å². The number of para-hydroxylation sites is 1. The minimum atomic E-state index is -0.0555. The minimum Gasteiger partial charge on any atom is -0.497 e. The molecular formula is C23H21N3O4. The summed E-state index contributed by atoms with van der Waals surface area (Å²) in [6.07, 6.45) is 2.99. The summed E-state index contributed by atoms with van der Waals surface area (Å²) >= 11 is 0. The van der Waals surface area contributed by atoms with E-state index in [4.69, 9.17) is 13.7 Å². The molecule has 4 rings (SSSR count). The van der Waals surface area contributed by atoms with Crippen LogP contribution in [-0.4, -0.2) is 23.2 Å². The largest absolute Gasteiger partial charge is 0.497 e. The van der Waals surface area contributed by atoms with Gasteiger partial charge in [0.05, 0.1) is 19.8 Å². The molecule has 0 radical (unpaired) electrons. The average Bonchev–Trinajstić information content (AvgIpc) is 3.46. The number of hydrogen-bond acceptors (Lipinski definition) is 6. The molecule has 1 N–H and O–H groups in total. The van der Waals surface area contributed by atoms with Crippen molar-refractivity contribution in [3.8, 4) is 17.3 Å². The van der Waals surface area contributed by atoms with Crippen LogP contribution in [0.5, 0.6) is 5.75 Å². The summed E-state index contributed by atoms with van der Waals surface area (Å²) in [5.41, 5.74) is 2.70. The first-order valence-corrected chi connectivity index (χ1v) is 9.58. The van der Waals surface area contributed by atoms with E-state index in [2.05, 4.69) is 15.5 Å². The molecule has 0 saturated carbocycles. The van der Waals surface area contributed by atoms with Gasteiger partial charge in [-0.3, -0.25) is 4.79 Å². The van der Waals surface area contributed by atoms with Gasteiger partial charge in [0.1, 0.15) is 5.75 Å². The standard InChI is InChI=1S/C23H21N3O4/c1-28-18-11-8-16(9-12-18)10-13-21(27)24-19-6-3-2-5-17(19)15-22-25-23(26-30-22)20-7-4-14-29-20/h2-9,11-12,14H,10,13,15H2,1H3,(H,24,27). The fourth-order valence-electron chi connectivity index (χ4n) is 3.05. The van der Waals surface area contributed by atoms with Crippen LogP contribution in [0.15, 0.2) is 75.9 Å². The van der Waals surface area contributed by atoms with E-state index in [-0.39, 0.29) is 5.91 Å². The van der Waals surface area contributed by atoms with Crippen molar-refractivity contribution in [1.82, 2.24) is 10.1 Å². The molecule has 0 aliphatic carbocycles. The molecule has 0 saturated heterocycles. The van der Waals surface area contributed by atoms with E-state index in [1.165, 1.54) is 0 Å². The van der Waals surface area contributed by atoms with Gasteiger partial charge in [-0.25, -0.2) is 0 Å². The van der Waals surface area contributed by atoms with E-state index in [0.29, 0.717) is 36.7 Å². The van der Waals surface area contributed by atoms with E-state index >= 15 is 0 Å². The summed E-state index contributed by atoms with van der Waals surface area (Å²) < 4.78 is 15.8. The molecule has 30 heavy (non-hydrogen) atoms. The topological polar surface area (TPSA) is 90.4 Å². The van der Waals surface area contributed by atoms with E-state index < -0.39 is 0 Å². The molecule has 0 aliphatic heterocycles. The Hall–Kier alpha value is -3.87. The van der Waals surface area contributed by atoms with Crippen LogP contribution in [0.25, 0.3) is 11.6 Å². The molecule has 2 aromatic carbocycles. The lowest BCUT2D eigenvalue weighted by Crippen LogP contribution is -2.14. The highest BCUT2D eigenvalue weighted by molar-refractivity contribution is 5.91. The quantitative estimate of drug-likeness (QED) is 0.466. The van der Waals surface area contributed by atoms with Crippen molar-refractivity contribution in [2.24, 2.45) is 0 Å². The van der Waals surface area contributed by atoms with Gasteiger partial charge in [-0.15, -0.1) is 0 Å². The summed E-state index contributed by atoms with van der Waals surface area (Å²) in [5.74, 6) is 2.14. The molecule has 0 atom stereocenters. The fourth-order valence-corrected chi connectivity index (χ4v) is 3.05. The van der Waals surface area contributed by atoms with Crippen LogP contribution in [0.2, 0.25) is 0 Å². The molecule has 0 aliphatic rings. The zero-order valence-electron chi connectivity index (χ0n) is 16.5. The molecule has 2 aromatic heterocycles. The number of nitrogens with zero attached hydrogens (tertiary/aromatic N) is 2. The third-order valence-electron chi connectivity index (χ3n) is 4.64. The van der Waals surface area contributed by atoms with Crippen molar-refractivity contribution in [2.75, 3.05) is 12.4 Å². The Bertz CT molecular complexity index is 1100. The number of anilines is 1. The summed E-state index contributed by atoms with van der Waals surface area (Å²) in [4.78, 5) is 16.8. The Labute approximate surface area is 173 Å². The summed E-state index contributed by atoms with van der Waals surface area (Å²) in [6.45, 7) is 0. The Morgan fingerprint density at radius 3 is 2.67 bits per heavy atom. The predicted octanol–water partition coefficient (Wildman–Crippen LogP) is 4.50. The van der Waals surface area contributed by atoms with E-state index in [1.54, 1.807) is 25.5 Å². The molecule has 152 valence electrons. The Balaban J connectivity index is 1.38. The van der Waals surface area contributed by atoms with Gasteiger partial charge in [0.25, 0.3) is 0 Å². The number of aryl methyl sites for hydroxylation is 1. The van der Waals surface area contributed by atoms with Crippen LogP contribution in [0, 0.1) is 0 Å². The van der Waals surface area contributed by atoms with Crippen LogP contribution in [-0.2, 0) is 17.6 Å². The van der Waals surface area contributed by atoms with Gasteiger partial charge in [0.2, 0.25) is 17.6 Å². The molecular weight excluding hydrogens is 382 g/mol. The molecule has 0 spiro atoms. The van der Waals surface area contributed by atoms with Crippen LogP contribution < -0.4 is 10.1 Å². The van der Waals surface area contributed by atoms with E-state index in [9.17, 15) is 4.79 Å². The second kappa shape index (κ2) is 9.09. The Kier molecular flexibility index (Phi) is 5.89. The maximum absolute atomic E-state index is 12.5. The number of hydrogen-bond donors (Lipinski definition) is 1.